The molecule has 0 bridgehead atoms. The van der Waals surface area contributed by atoms with Gasteiger partial charge in [-0.2, -0.15) is 0 Å². The van der Waals surface area contributed by atoms with Gasteiger partial charge < -0.3 is 5.32 Å². The molecule has 0 aliphatic heterocycles. The highest BCUT2D eigenvalue weighted by Gasteiger charge is 2.06. The molecule has 0 saturated carbocycles. The van der Waals surface area contributed by atoms with Gasteiger partial charge in [-0.25, -0.2) is 0 Å². The maximum atomic E-state index is 4.39. The first-order chi connectivity index (χ1) is 8.66. The molecule has 2 rings (SSSR count). The van der Waals surface area contributed by atoms with Gasteiger partial charge in [-0.3, -0.25) is 4.98 Å². The average molecular weight is 352 g/mol. The van der Waals surface area contributed by atoms with Crippen LogP contribution in [0.15, 0.2) is 42.6 Å². The van der Waals surface area contributed by atoms with Crippen molar-refractivity contribution < 1.29 is 0 Å². The van der Waals surface area contributed by atoms with E-state index in [9.17, 15) is 0 Å². The maximum Gasteiger partial charge on any atom is 0.0570 e. The molecular formula is C15H17IN2. The van der Waals surface area contributed by atoms with E-state index in [4.69, 9.17) is 0 Å². The monoisotopic (exact) mass is 352 g/mol. The summed E-state index contributed by atoms with van der Waals surface area (Å²) < 4.78 is 1.27. The van der Waals surface area contributed by atoms with Crippen LogP contribution in [-0.2, 0) is 6.54 Å². The molecule has 3 heteroatoms. The van der Waals surface area contributed by atoms with Gasteiger partial charge >= 0.3 is 0 Å². The molecule has 1 atom stereocenters. The predicted octanol–water partition coefficient (Wildman–Crippen LogP) is 3.85. The summed E-state index contributed by atoms with van der Waals surface area (Å²) in [5.74, 6) is 0. The quantitative estimate of drug-likeness (QED) is 0.846. The summed E-state index contributed by atoms with van der Waals surface area (Å²) >= 11 is 2.32. The van der Waals surface area contributed by atoms with E-state index in [0.717, 1.165) is 12.2 Å². The first-order valence-electron chi connectivity index (χ1n) is 6.06. The second-order valence-corrected chi connectivity index (χ2v) is 5.67. The van der Waals surface area contributed by atoms with Crippen LogP contribution in [0, 0.1) is 10.5 Å². The van der Waals surface area contributed by atoms with Crippen LogP contribution in [0.1, 0.15) is 29.8 Å². The van der Waals surface area contributed by atoms with Crippen molar-refractivity contribution in [3.8, 4) is 0 Å². The Morgan fingerprint density at radius 2 is 1.94 bits per heavy atom. The van der Waals surface area contributed by atoms with E-state index < -0.39 is 0 Å². The van der Waals surface area contributed by atoms with Crippen molar-refractivity contribution in [1.29, 1.82) is 0 Å². The van der Waals surface area contributed by atoms with Crippen LogP contribution in [-0.4, -0.2) is 4.98 Å². The predicted molar refractivity (Wildman–Crippen MR) is 83.4 cm³/mol. The van der Waals surface area contributed by atoms with Gasteiger partial charge in [-0.15, -0.1) is 0 Å². The van der Waals surface area contributed by atoms with Gasteiger partial charge in [0.2, 0.25) is 0 Å². The Bertz CT molecular complexity index is 508. The number of halogens is 1. The third-order valence-electron chi connectivity index (χ3n) is 3.06. The number of nitrogens with zero attached hydrogens (tertiary/aromatic N) is 1. The summed E-state index contributed by atoms with van der Waals surface area (Å²) in [6, 6.07) is 13.0. The van der Waals surface area contributed by atoms with Gasteiger partial charge in [-0.1, -0.05) is 18.2 Å². The Morgan fingerprint density at radius 3 is 2.61 bits per heavy atom. The molecule has 0 spiro atoms. The van der Waals surface area contributed by atoms with Crippen molar-refractivity contribution in [2.45, 2.75) is 26.4 Å². The lowest BCUT2D eigenvalue weighted by Gasteiger charge is -2.14. The van der Waals surface area contributed by atoms with Gasteiger partial charge in [0.05, 0.1) is 5.69 Å². The molecule has 2 aromatic rings. The van der Waals surface area contributed by atoms with Gasteiger partial charge in [0.25, 0.3) is 0 Å². The summed E-state index contributed by atoms with van der Waals surface area (Å²) in [7, 11) is 0. The second kappa shape index (κ2) is 6.29. The van der Waals surface area contributed by atoms with Crippen molar-refractivity contribution >= 4 is 22.6 Å². The summed E-state index contributed by atoms with van der Waals surface area (Å²) in [6.45, 7) is 5.08. The molecule has 1 unspecified atom stereocenters. The van der Waals surface area contributed by atoms with E-state index in [1.165, 1.54) is 14.7 Å². The highest BCUT2D eigenvalue weighted by molar-refractivity contribution is 14.1. The number of hydrogen-bond donors (Lipinski definition) is 1. The molecule has 1 N–H and O–H groups in total. The summed E-state index contributed by atoms with van der Waals surface area (Å²) in [5.41, 5.74) is 3.67. The maximum absolute atomic E-state index is 4.39. The minimum Gasteiger partial charge on any atom is -0.305 e. The van der Waals surface area contributed by atoms with Gasteiger partial charge in [0.1, 0.15) is 0 Å². The smallest absolute Gasteiger partial charge is 0.0570 e. The van der Waals surface area contributed by atoms with Crippen molar-refractivity contribution in [2.75, 3.05) is 0 Å². The zero-order chi connectivity index (χ0) is 13.0. The van der Waals surface area contributed by atoms with Gasteiger partial charge in [-0.05, 0) is 65.8 Å². The van der Waals surface area contributed by atoms with E-state index in [1.54, 1.807) is 0 Å². The first kappa shape index (κ1) is 13.5. The molecule has 0 radical (unpaired) electrons. The Hall–Kier alpha value is -0.940. The van der Waals surface area contributed by atoms with Crippen LogP contribution >= 0.6 is 22.6 Å². The van der Waals surface area contributed by atoms with Crippen LogP contribution in [0.2, 0.25) is 0 Å². The summed E-state index contributed by atoms with van der Waals surface area (Å²) in [4.78, 5) is 4.39. The Kier molecular flexibility index (Phi) is 4.72. The molecule has 18 heavy (non-hydrogen) atoms. The number of rotatable bonds is 4. The topological polar surface area (TPSA) is 24.9 Å². The molecule has 94 valence electrons. The molecule has 0 saturated heterocycles. The van der Waals surface area contributed by atoms with Crippen molar-refractivity contribution in [1.82, 2.24) is 10.3 Å². The second-order valence-electron chi connectivity index (χ2n) is 4.42. The number of aromatic nitrogens is 1. The molecule has 1 heterocycles. The van der Waals surface area contributed by atoms with Crippen molar-refractivity contribution in [3.63, 3.8) is 0 Å². The van der Waals surface area contributed by atoms with E-state index in [1.807, 2.05) is 12.3 Å². The molecule has 0 aliphatic carbocycles. The molecule has 2 nitrogen and oxygen atoms in total. The van der Waals surface area contributed by atoms with Crippen LogP contribution < -0.4 is 5.32 Å². The molecule has 0 fully saturated rings. The number of pyridine rings is 1. The molecule has 0 aliphatic rings. The van der Waals surface area contributed by atoms with Crippen molar-refractivity contribution in [3.05, 3.63) is 63.0 Å². The number of nitrogens with one attached hydrogen (secondary N) is 1. The lowest BCUT2D eigenvalue weighted by atomic mass is 10.1. The molecule has 1 aromatic heterocycles. The normalized spacial score (nSPS) is 12.4. The van der Waals surface area contributed by atoms with E-state index in [0.29, 0.717) is 6.04 Å². The lowest BCUT2D eigenvalue weighted by Crippen LogP contribution is -2.19. The average Bonchev–Trinajstić information content (AvgIpc) is 2.38. The molecular weight excluding hydrogens is 335 g/mol. The van der Waals surface area contributed by atoms with Crippen LogP contribution in [0.5, 0.6) is 0 Å². The standard InChI is InChI=1S/C15H17IN2/c1-11-4-3-9-17-15(11)10-18-12(2)13-5-7-14(16)8-6-13/h3-9,12,18H,10H2,1-2H3. The highest BCUT2D eigenvalue weighted by atomic mass is 127. The fraction of sp³-hybridized carbons (Fsp3) is 0.267. The van der Waals surface area contributed by atoms with E-state index in [2.05, 4.69) is 77.1 Å². The largest absolute Gasteiger partial charge is 0.305 e. The minimum absolute atomic E-state index is 0.336. The van der Waals surface area contributed by atoms with Crippen molar-refractivity contribution in [2.24, 2.45) is 0 Å². The molecule has 1 aromatic carbocycles. The zero-order valence-electron chi connectivity index (χ0n) is 10.7. The van der Waals surface area contributed by atoms with Crippen LogP contribution in [0.3, 0.4) is 0 Å². The third kappa shape index (κ3) is 3.53. The summed E-state index contributed by atoms with van der Waals surface area (Å²) in [6.07, 6.45) is 1.85. The first-order valence-corrected chi connectivity index (χ1v) is 7.14. The number of benzene rings is 1. The Labute approximate surface area is 122 Å². The van der Waals surface area contributed by atoms with Gasteiger partial charge in [0, 0.05) is 22.4 Å². The Balaban J connectivity index is 1.98. The number of hydrogen-bond acceptors (Lipinski definition) is 2. The minimum atomic E-state index is 0.336. The summed E-state index contributed by atoms with van der Waals surface area (Å²) in [5, 5.41) is 3.51. The fourth-order valence-corrected chi connectivity index (χ4v) is 2.18. The molecule has 0 amide bonds. The highest BCUT2D eigenvalue weighted by Crippen LogP contribution is 2.15. The fourth-order valence-electron chi connectivity index (χ4n) is 1.82. The Morgan fingerprint density at radius 1 is 1.22 bits per heavy atom. The van der Waals surface area contributed by atoms with Crippen LogP contribution in [0.4, 0.5) is 0 Å². The third-order valence-corrected chi connectivity index (χ3v) is 3.78. The lowest BCUT2D eigenvalue weighted by molar-refractivity contribution is 0.566. The SMILES string of the molecule is Cc1cccnc1CNC(C)c1ccc(I)cc1. The zero-order valence-corrected chi connectivity index (χ0v) is 12.8. The van der Waals surface area contributed by atoms with E-state index in [-0.39, 0.29) is 0 Å². The van der Waals surface area contributed by atoms with Gasteiger partial charge in [0.15, 0.2) is 0 Å². The van der Waals surface area contributed by atoms with E-state index >= 15 is 0 Å². The number of aryl methyl sites for hydroxylation is 1. The van der Waals surface area contributed by atoms with Crippen LogP contribution in [0.25, 0.3) is 0 Å².